The SMILES string of the molecule is O[C@@H](CC1CCCCC1)c1ccc(-c2ccc(C(F)(F)F)cc2)cc1. The second-order valence-electron chi connectivity index (χ2n) is 6.95. The van der Waals surface area contributed by atoms with Crippen molar-refractivity contribution in [3.8, 4) is 11.1 Å². The molecule has 2 aromatic rings. The lowest BCUT2D eigenvalue weighted by Gasteiger charge is -2.24. The van der Waals surface area contributed by atoms with Crippen LogP contribution in [-0.4, -0.2) is 5.11 Å². The molecule has 1 nitrogen and oxygen atoms in total. The molecule has 0 bridgehead atoms. The van der Waals surface area contributed by atoms with Gasteiger partial charge in [-0.3, -0.25) is 0 Å². The van der Waals surface area contributed by atoms with E-state index in [1.54, 1.807) is 0 Å². The molecule has 1 fully saturated rings. The zero-order valence-electron chi connectivity index (χ0n) is 14.1. The molecule has 0 saturated heterocycles. The second kappa shape index (κ2) is 7.61. The van der Waals surface area contributed by atoms with E-state index < -0.39 is 17.8 Å². The van der Waals surface area contributed by atoms with E-state index in [2.05, 4.69) is 0 Å². The topological polar surface area (TPSA) is 20.2 Å². The standard InChI is InChI=1S/C21H23F3O/c22-21(23,24)19-12-10-17(11-13-19)16-6-8-18(9-7-16)20(25)14-15-4-2-1-3-5-15/h6-13,15,20,25H,1-5,14H2/t20-/m0/s1. The van der Waals surface area contributed by atoms with Crippen LogP contribution in [0.5, 0.6) is 0 Å². The molecule has 1 N–H and O–H groups in total. The molecule has 1 atom stereocenters. The first-order valence-corrected chi connectivity index (χ1v) is 8.89. The molecule has 1 aliphatic rings. The van der Waals surface area contributed by atoms with Gasteiger partial charge < -0.3 is 5.11 Å². The average molecular weight is 348 g/mol. The Balaban J connectivity index is 1.67. The van der Waals surface area contributed by atoms with Gasteiger partial charge in [-0.25, -0.2) is 0 Å². The Hall–Kier alpha value is -1.81. The van der Waals surface area contributed by atoms with Gasteiger partial charge in [0.1, 0.15) is 0 Å². The Morgan fingerprint density at radius 2 is 1.36 bits per heavy atom. The first-order chi connectivity index (χ1) is 11.9. The minimum atomic E-state index is -4.31. The summed E-state index contributed by atoms with van der Waals surface area (Å²) in [7, 11) is 0. The number of hydrogen-bond donors (Lipinski definition) is 1. The quantitative estimate of drug-likeness (QED) is 0.680. The summed E-state index contributed by atoms with van der Waals surface area (Å²) in [6.45, 7) is 0. The van der Waals surface area contributed by atoms with Crippen molar-refractivity contribution in [3.63, 3.8) is 0 Å². The molecule has 0 spiro atoms. The monoisotopic (exact) mass is 348 g/mol. The molecule has 0 heterocycles. The van der Waals surface area contributed by atoms with Crippen LogP contribution < -0.4 is 0 Å². The molecule has 1 saturated carbocycles. The lowest BCUT2D eigenvalue weighted by Crippen LogP contribution is -2.11. The maximum absolute atomic E-state index is 12.6. The van der Waals surface area contributed by atoms with Gasteiger partial charge in [0.15, 0.2) is 0 Å². The number of halogens is 3. The van der Waals surface area contributed by atoms with Crippen molar-refractivity contribution in [2.24, 2.45) is 5.92 Å². The van der Waals surface area contributed by atoms with Crippen molar-refractivity contribution in [1.82, 2.24) is 0 Å². The molecule has 4 heteroatoms. The molecule has 1 aliphatic carbocycles. The van der Waals surface area contributed by atoms with E-state index in [1.165, 1.54) is 44.2 Å². The second-order valence-corrected chi connectivity index (χ2v) is 6.95. The maximum atomic E-state index is 12.6. The van der Waals surface area contributed by atoms with Crippen LogP contribution in [0.3, 0.4) is 0 Å². The Kier molecular flexibility index (Phi) is 5.48. The summed E-state index contributed by atoms with van der Waals surface area (Å²) in [4.78, 5) is 0. The third-order valence-electron chi connectivity index (χ3n) is 5.12. The normalized spacial score (nSPS) is 17.4. The molecule has 2 aromatic carbocycles. The summed E-state index contributed by atoms with van der Waals surface area (Å²) in [6, 6.07) is 12.6. The van der Waals surface area contributed by atoms with Gasteiger partial charge in [0.2, 0.25) is 0 Å². The average Bonchev–Trinajstić information content (AvgIpc) is 2.62. The van der Waals surface area contributed by atoms with Crippen LogP contribution in [0.2, 0.25) is 0 Å². The zero-order valence-corrected chi connectivity index (χ0v) is 14.1. The Morgan fingerprint density at radius 3 is 1.88 bits per heavy atom. The minimum absolute atomic E-state index is 0.468. The third kappa shape index (κ3) is 4.63. The van der Waals surface area contributed by atoms with E-state index in [1.807, 2.05) is 24.3 Å². The van der Waals surface area contributed by atoms with Gasteiger partial charge in [-0.1, -0.05) is 68.5 Å². The van der Waals surface area contributed by atoms with Crippen molar-refractivity contribution in [2.45, 2.75) is 50.8 Å². The molecule has 25 heavy (non-hydrogen) atoms. The summed E-state index contributed by atoms with van der Waals surface area (Å²) < 4.78 is 37.9. The van der Waals surface area contributed by atoms with Crippen LogP contribution in [0.25, 0.3) is 11.1 Å². The van der Waals surface area contributed by atoms with Gasteiger partial charge in [0.05, 0.1) is 11.7 Å². The summed E-state index contributed by atoms with van der Waals surface area (Å²) in [5.41, 5.74) is 1.82. The summed E-state index contributed by atoms with van der Waals surface area (Å²) in [5.74, 6) is 0.596. The molecule has 3 rings (SSSR count). The summed E-state index contributed by atoms with van der Waals surface area (Å²) in [6.07, 6.45) is 2.21. The third-order valence-corrected chi connectivity index (χ3v) is 5.12. The predicted molar refractivity (Wildman–Crippen MR) is 93.0 cm³/mol. The molecule has 0 aliphatic heterocycles. The molecule has 134 valence electrons. The molecular weight excluding hydrogens is 325 g/mol. The molecule has 0 amide bonds. The highest BCUT2D eigenvalue weighted by atomic mass is 19.4. The van der Waals surface area contributed by atoms with E-state index in [-0.39, 0.29) is 0 Å². The van der Waals surface area contributed by atoms with Crippen LogP contribution in [0.1, 0.15) is 55.8 Å². The number of hydrogen-bond acceptors (Lipinski definition) is 1. The lowest BCUT2D eigenvalue weighted by atomic mass is 9.84. The van der Waals surface area contributed by atoms with Crippen LogP contribution in [0.4, 0.5) is 13.2 Å². The van der Waals surface area contributed by atoms with Crippen LogP contribution in [0.15, 0.2) is 48.5 Å². The zero-order chi connectivity index (χ0) is 17.9. The van der Waals surface area contributed by atoms with Gasteiger partial charge in [-0.2, -0.15) is 13.2 Å². The molecule has 0 aromatic heterocycles. The summed E-state index contributed by atoms with van der Waals surface area (Å²) in [5, 5.41) is 10.4. The first kappa shape index (κ1) is 18.0. The fourth-order valence-corrected chi connectivity index (χ4v) is 3.62. The van der Waals surface area contributed by atoms with Gasteiger partial charge in [-0.15, -0.1) is 0 Å². The van der Waals surface area contributed by atoms with Crippen molar-refractivity contribution in [1.29, 1.82) is 0 Å². The highest BCUT2D eigenvalue weighted by molar-refractivity contribution is 5.64. The fraction of sp³-hybridized carbons (Fsp3) is 0.429. The highest BCUT2D eigenvalue weighted by Gasteiger charge is 2.30. The Morgan fingerprint density at radius 1 is 0.840 bits per heavy atom. The molecule has 0 radical (unpaired) electrons. The van der Waals surface area contributed by atoms with E-state index in [0.29, 0.717) is 5.92 Å². The number of alkyl halides is 3. The van der Waals surface area contributed by atoms with E-state index >= 15 is 0 Å². The van der Waals surface area contributed by atoms with Crippen LogP contribution in [0, 0.1) is 5.92 Å². The van der Waals surface area contributed by atoms with Gasteiger partial charge in [0, 0.05) is 0 Å². The number of aliphatic hydroxyl groups is 1. The van der Waals surface area contributed by atoms with Crippen molar-refractivity contribution in [3.05, 3.63) is 59.7 Å². The van der Waals surface area contributed by atoms with Gasteiger partial charge in [0.25, 0.3) is 0 Å². The first-order valence-electron chi connectivity index (χ1n) is 8.89. The van der Waals surface area contributed by atoms with E-state index in [4.69, 9.17) is 0 Å². The molecular formula is C21H23F3O. The van der Waals surface area contributed by atoms with Crippen LogP contribution in [-0.2, 0) is 6.18 Å². The Labute approximate surface area is 146 Å². The van der Waals surface area contributed by atoms with E-state index in [0.717, 1.165) is 35.2 Å². The molecule has 0 unspecified atom stereocenters. The minimum Gasteiger partial charge on any atom is -0.388 e. The maximum Gasteiger partial charge on any atom is 0.416 e. The number of rotatable bonds is 4. The van der Waals surface area contributed by atoms with Gasteiger partial charge in [-0.05, 0) is 41.2 Å². The smallest absolute Gasteiger partial charge is 0.388 e. The van der Waals surface area contributed by atoms with Gasteiger partial charge >= 0.3 is 6.18 Å². The number of benzene rings is 2. The highest BCUT2D eigenvalue weighted by Crippen LogP contribution is 2.33. The predicted octanol–water partition coefficient (Wildman–Crippen LogP) is 6.38. The van der Waals surface area contributed by atoms with Crippen molar-refractivity contribution < 1.29 is 18.3 Å². The van der Waals surface area contributed by atoms with Crippen LogP contribution >= 0.6 is 0 Å². The lowest BCUT2D eigenvalue weighted by molar-refractivity contribution is -0.137. The fourth-order valence-electron chi connectivity index (χ4n) is 3.62. The number of aliphatic hydroxyl groups excluding tert-OH is 1. The van der Waals surface area contributed by atoms with Crippen molar-refractivity contribution in [2.75, 3.05) is 0 Å². The largest absolute Gasteiger partial charge is 0.416 e. The van der Waals surface area contributed by atoms with Crippen molar-refractivity contribution >= 4 is 0 Å². The Bertz CT molecular complexity index is 668. The summed E-state index contributed by atoms with van der Waals surface area (Å²) >= 11 is 0. The van der Waals surface area contributed by atoms with E-state index in [9.17, 15) is 18.3 Å².